The van der Waals surface area contributed by atoms with Crippen molar-refractivity contribution in [3.8, 4) is 0 Å². The maximum absolute atomic E-state index is 13.9. The molecule has 2 unspecified atom stereocenters. The number of carbonyl (C=O) groups is 3. The SMILES string of the molecule is CCCCCCCCN(C(=O)C(C)NC(=O)OC(C)(C)C)C(C(=O)NCc1ccccc1)c1cc(C)cc(C)c1. The lowest BCUT2D eigenvalue weighted by Crippen LogP contribution is -2.52. The maximum atomic E-state index is 13.9. The van der Waals surface area contributed by atoms with Crippen LogP contribution in [0.4, 0.5) is 4.79 Å². The van der Waals surface area contributed by atoms with E-state index in [0.29, 0.717) is 13.1 Å². The van der Waals surface area contributed by atoms with Crippen LogP contribution in [0.1, 0.15) is 101 Å². The van der Waals surface area contributed by atoms with Gasteiger partial charge in [0.15, 0.2) is 0 Å². The highest BCUT2D eigenvalue weighted by Gasteiger charge is 2.34. The minimum absolute atomic E-state index is 0.252. The molecule has 0 aromatic heterocycles. The number of hydrogen-bond acceptors (Lipinski definition) is 4. The van der Waals surface area contributed by atoms with E-state index in [4.69, 9.17) is 4.74 Å². The molecule has 7 heteroatoms. The first-order valence-electron chi connectivity index (χ1n) is 14.6. The molecule has 0 heterocycles. The molecule has 0 fully saturated rings. The van der Waals surface area contributed by atoms with Gasteiger partial charge in [0, 0.05) is 13.1 Å². The van der Waals surface area contributed by atoms with Gasteiger partial charge in [-0.3, -0.25) is 9.59 Å². The Kier molecular flexibility index (Phi) is 13.2. The van der Waals surface area contributed by atoms with Gasteiger partial charge in [0.25, 0.3) is 0 Å². The summed E-state index contributed by atoms with van der Waals surface area (Å²) in [5.41, 5.74) is 3.07. The number of carbonyl (C=O) groups excluding carboxylic acids is 3. The number of rotatable bonds is 14. The highest BCUT2D eigenvalue weighted by atomic mass is 16.6. The van der Waals surface area contributed by atoms with Gasteiger partial charge in [0.05, 0.1) is 0 Å². The zero-order chi connectivity index (χ0) is 29.7. The second-order valence-corrected chi connectivity index (χ2v) is 11.7. The summed E-state index contributed by atoms with van der Waals surface area (Å²) in [5.74, 6) is -0.573. The molecule has 0 aliphatic carbocycles. The molecule has 220 valence electrons. The lowest BCUT2D eigenvalue weighted by molar-refractivity contribution is -0.142. The number of hydrogen-bond donors (Lipinski definition) is 2. The molecule has 40 heavy (non-hydrogen) atoms. The highest BCUT2D eigenvalue weighted by Crippen LogP contribution is 2.26. The van der Waals surface area contributed by atoms with Gasteiger partial charge < -0.3 is 20.3 Å². The van der Waals surface area contributed by atoms with Gasteiger partial charge in [-0.1, -0.05) is 98.7 Å². The molecule has 2 aromatic carbocycles. The summed E-state index contributed by atoms with van der Waals surface area (Å²) < 4.78 is 5.39. The van der Waals surface area contributed by atoms with Crippen molar-refractivity contribution in [2.45, 2.75) is 111 Å². The van der Waals surface area contributed by atoms with Crippen LogP contribution in [0.3, 0.4) is 0 Å². The van der Waals surface area contributed by atoms with Crippen LogP contribution < -0.4 is 10.6 Å². The average Bonchev–Trinajstić information content (AvgIpc) is 2.87. The Hall–Kier alpha value is -3.35. The van der Waals surface area contributed by atoms with Crippen molar-refractivity contribution >= 4 is 17.9 Å². The molecule has 0 aliphatic heterocycles. The molecule has 0 spiro atoms. The van der Waals surface area contributed by atoms with Gasteiger partial charge in [-0.2, -0.15) is 0 Å². The Balaban J connectivity index is 2.38. The van der Waals surface area contributed by atoms with Crippen molar-refractivity contribution in [3.63, 3.8) is 0 Å². The second kappa shape index (κ2) is 16.0. The summed E-state index contributed by atoms with van der Waals surface area (Å²) in [4.78, 5) is 42.0. The minimum atomic E-state index is -0.870. The van der Waals surface area contributed by atoms with Crippen LogP contribution in [0.25, 0.3) is 0 Å². The van der Waals surface area contributed by atoms with Crippen molar-refractivity contribution in [2.75, 3.05) is 6.54 Å². The van der Waals surface area contributed by atoms with Crippen molar-refractivity contribution in [2.24, 2.45) is 0 Å². The molecular formula is C33H49N3O4. The molecule has 2 aromatic rings. The van der Waals surface area contributed by atoms with Crippen LogP contribution in [0.15, 0.2) is 48.5 Å². The molecule has 2 rings (SSSR count). The number of amides is 3. The van der Waals surface area contributed by atoms with Crippen LogP contribution in [-0.4, -0.2) is 41.0 Å². The Morgan fingerprint density at radius 3 is 2.10 bits per heavy atom. The number of alkyl carbamates (subject to hydrolysis) is 1. The van der Waals surface area contributed by atoms with Gasteiger partial charge in [0.2, 0.25) is 11.8 Å². The zero-order valence-electron chi connectivity index (χ0n) is 25.5. The molecule has 7 nitrogen and oxygen atoms in total. The van der Waals surface area contributed by atoms with Gasteiger partial charge in [0.1, 0.15) is 17.7 Å². The molecule has 2 N–H and O–H groups in total. The zero-order valence-corrected chi connectivity index (χ0v) is 25.5. The number of nitrogens with zero attached hydrogens (tertiary/aromatic N) is 1. The molecule has 0 saturated carbocycles. The topological polar surface area (TPSA) is 87.7 Å². The monoisotopic (exact) mass is 551 g/mol. The largest absolute Gasteiger partial charge is 0.444 e. The van der Waals surface area contributed by atoms with Crippen LogP contribution in [0, 0.1) is 13.8 Å². The molecule has 3 amide bonds. The fourth-order valence-corrected chi connectivity index (χ4v) is 4.75. The Morgan fingerprint density at radius 1 is 0.900 bits per heavy atom. The minimum Gasteiger partial charge on any atom is -0.444 e. The van der Waals surface area contributed by atoms with Gasteiger partial charge >= 0.3 is 6.09 Å². The first-order chi connectivity index (χ1) is 18.9. The summed E-state index contributed by atoms with van der Waals surface area (Å²) in [6, 6.07) is 14.0. The standard InChI is InChI=1S/C33H49N3O4/c1-8-9-10-11-12-16-19-36(31(38)26(4)35-32(39)40-33(5,6)7)29(28-21-24(2)20-25(3)22-28)30(37)34-23-27-17-14-13-15-18-27/h13-15,17-18,20-22,26,29H,8-12,16,19,23H2,1-7H3,(H,34,37)(H,35,39). The van der Waals surface area contributed by atoms with E-state index in [-0.39, 0.29) is 11.8 Å². The lowest BCUT2D eigenvalue weighted by atomic mass is 9.98. The third-order valence-electron chi connectivity index (χ3n) is 6.57. The van der Waals surface area contributed by atoms with E-state index in [0.717, 1.165) is 54.4 Å². The van der Waals surface area contributed by atoms with E-state index in [2.05, 4.69) is 23.6 Å². The predicted molar refractivity (Wildman–Crippen MR) is 161 cm³/mol. The Labute approximate surface area is 241 Å². The highest BCUT2D eigenvalue weighted by molar-refractivity contribution is 5.92. The molecule has 0 aliphatic rings. The number of aryl methyl sites for hydroxylation is 2. The summed E-state index contributed by atoms with van der Waals surface area (Å²) in [6.45, 7) is 13.9. The number of ether oxygens (including phenoxy) is 1. The van der Waals surface area contributed by atoms with Crippen molar-refractivity contribution in [1.29, 1.82) is 0 Å². The number of unbranched alkanes of at least 4 members (excludes halogenated alkanes) is 5. The summed E-state index contributed by atoms with van der Waals surface area (Å²) in [6.07, 6.45) is 5.64. The smallest absolute Gasteiger partial charge is 0.408 e. The predicted octanol–water partition coefficient (Wildman–Crippen LogP) is 6.76. The Bertz CT molecular complexity index is 1070. The molecule has 0 bridgehead atoms. The van der Waals surface area contributed by atoms with Gasteiger partial charge in [-0.15, -0.1) is 0 Å². The van der Waals surface area contributed by atoms with Gasteiger partial charge in [-0.25, -0.2) is 4.79 Å². The van der Waals surface area contributed by atoms with E-state index in [1.54, 1.807) is 32.6 Å². The first kappa shape index (κ1) is 32.9. The molecular weight excluding hydrogens is 502 g/mol. The lowest BCUT2D eigenvalue weighted by Gasteiger charge is -2.34. The van der Waals surface area contributed by atoms with Crippen LogP contribution in [0.2, 0.25) is 0 Å². The molecule has 0 radical (unpaired) electrons. The normalized spacial score (nSPS) is 12.8. The summed E-state index contributed by atoms with van der Waals surface area (Å²) in [7, 11) is 0. The maximum Gasteiger partial charge on any atom is 0.408 e. The quantitative estimate of drug-likeness (QED) is 0.254. The second-order valence-electron chi connectivity index (χ2n) is 11.7. The van der Waals surface area contributed by atoms with E-state index >= 15 is 0 Å². The van der Waals surface area contributed by atoms with E-state index in [9.17, 15) is 14.4 Å². The number of nitrogens with one attached hydrogen (secondary N) is 2. The fourth-order valence-electron chi connectivity index (χ4n) is 4.75. The van der Waals surface area contributed by atoms with Crippen molar-refractivity contribution in [1.82, 2.24) is 15.5 Å². The first-order valence-corrected chi connectivity index (χ1v) is 14.6. The molecule has 0 saturated heterocycles. The van der Waals surface area contributed by atoms with Crippen molar-refractivity contribution < 1.29 is 19.1 Å². The molecule has 2 atom stereocenters. The Morgan fingerprint density at radius 2 is 1.50 bits per heavy atom. The van der Waals surface area contributed by atoms with Crippen LogP contribution >= 0.6 is 0 Å². The summed E-state index contributed by atoms with van der Waals surface area (Å²) >= 11 is 0. The third kappa shape index (κ3) is 11.4. The average molecular weight is 552 g/mol. The van der Waals surface area contributed by atoms with Crippen LogP contribution in [0.5, 0.6) is 0 Å². The van der Waals surface area contributed by atoms with E-state index < -0.39 is 23.8 Å². The summed E-state index contributed by atoms with van der Waals surface area (Å²) in [5, 5.41) is 5.73. The fraction of sp³-hybridized carbons (Fsp3) is 0.545. The van der Waals surface area contributed by atoms with Gasteiger partial charge in [-0.05, 0) is 59.1 Å². The van der Waals surface area contributed by atoms with E-state index in [1.165, 1.54) is 6.42 Å². The number of benzene rings is 2. The van der Waals surface area contributed by atoms with Crippen molar-refractivity contribution in [3.05, 3.63) is 70.8 Å². The van der Waals surface area contributed by atoms with E-state index in [1.807, 2.05) is 56.3 Å². The van der Waals surface area contributed by atoms with Crippen LogP contribution in [-0.2, 0) is 20.9 Å². The third-order valence-corrected chi connectivity index (χ3v) is 6.57.